The Hall–Kier alpha value is -4.20. The van der Waals surface area contributed by atoms with Crippen LogP contribution in [0.3, 0.4) is 0 Å². The lowest BCUT2D eigenvalue weighted by atomic mass is 9.92. The maximum absolute atomic E-state index is 13.3. The average Bonchev–Trinajstić information content (AvgIpc) is 3.72. The van der Waals surface area contributed by atoms with Gasteiger partial charge in [0, 0.05) is 66.9 Å². The molecule has 3 aromatic rings. The second-order valence-corrected chi connectivity index (χ2v) is 14.4. The molecule has 4 heterocycles. The molecule has 2 saturated heterocycles. The number of carbonyl (C=O) groups is 1. The summed E-state index contributed by atoms with van der Waals surface area (Å²) < 4.78 is 6.41. The first kappa shape index (κ1) is 32.4. The van der Waals surface area contributed by atoms with E-state index in [0.717, 1.165) is 43.7 Å². The van der Waals surface area contributed by atoms with Crippen molar-refractivity contribution in [3.63, 3.8) is 0 Å². The first-order valence-corrected chi connectivity index (χ1v) is 17.5. The van der Waals surface area contributed by atoms with Crippen molar-refractivity contribution in [2.24, 2.45) is 0 Å². The molecule has 1 aromatic heterocycles. The fourth-order valence-corrected chi connectivity index (χ4v) is 7.98. The van der Waals surface area contributed by atoms with Gasteiger partial charge in [-0.1, -0.05) is 36.4 Å². The van der Waals surface area contributed by atoms with Gasteiger partial charge in [0.2, 0.25) is 5.91 Å². The predicted octanol–water partition coefficient (Wildman–Crippen LogP) is 4.56. The van der Waals surface area contributed by atoms with Crippen molar-refractivity contribution in [2.75, 3.05) is 70.3 Å². The van der Waals surface area contributed by atoms with Crippen LogP contribution in [0, 0.1) is 18.3 Å². The number of nitriles is 1. The van der Waals surface area contributed by atoms with Crippen molar-refractivity contribution >= 4 is 28.2 Å². The highest BCUT2D eigenvalue weighted by molar-refractivity contribution is 5.97. The van der Waals surface area contributed by atoms with E-state index in [0.29, 0.717) is 51.4 Å². The van der Waals surface area contributed by atoms with Gasteiger partial charge in [-0.2, -0.15) is 15.2 Å². The smallest absolute Gasteiger partial charge is 0.318 e. The molecule has 2 aromatic carbocycles. The molecule has 1 spiro atoms. The van der Waals surface area contributed by atoms with Crippen LogP contribution in [0.15, 0.2) is 48.6 Å². The summed E-state index contributed by atoms with van der Waals surface area (Å²) >= 11 is 0. The molecule has 252 valence electrons. The Bertz CT molecular complexity index is 1740. The molecular formula is C38H48N8O2. The molecule has 2 atom stereocenters. The molecule has 1 amide bonds. The lowest BCUT2D eigenvalue weighted by Gasteiger charge is -2.44. The number of ether oxygens (including phenoxy) is 1. The first-order valence-electron chi connectivity index (χ1n) is 17.5. The fourth-order valence-electron chi connectivity index (χ4n) is 7.98. The van der Waals surface area contributed by atoms with Crippen LogP contribution in [0.25, 0.3) is 10.8 Å². The summed E-state index contributed by atoms with van der Waals surface area (Å²) in [5.41, 5.74) is 4.78. The van der Waals surface area contributed by atoms with Crippen molar-refractivity contribution in [1.29, 1.82) is 5.26 Å². The summed E-state index contributed by atoms with van der Waals surface area (Å²) in [6.45, 7) is 6.95. The number of aryl methyl sites for hydroxylation is 1. The third-order valence-electron chi connectivity index (χ3n) is 10.8. The average molecular weight is 649 g/mol. The second kappa shape index (κ2) is 13.4. The SMILES string of the molecule is Cc1cccc2cccc(N3Cc4nc(OC[C@@H]5CCCN5C)nc(N5CCN(C(=O)/C=C/CN(C)C)[C@@H](CC#N)C5)c4CC34CC4)c12. The van der Waals surface area contributed by atoms with E-state index in [9.17, 15) is 10.1 Å². The van der Waals surface area contributed by atoms with Gasteiger partial charge in [-0.05, 0) is 77.3 Å². The number of amides is 1. The number of rotatable bonds is 9. The first-order chi connectivity index (χ1) is 23.3. The number of aromatic nitrogens is 2. The molecular weight excluding hydrogens is 600 g/mol. The molecule has 0 N–H and O–H groups in total. The molecule has 7 rings (SSSR count). The Morgan fingerprint density at radius 1 is 1.12 bits per heavy atom. The van der Waals surface area contributed by atoms with Crippen LogP contribution in [0.2, 0.25) is 0 Å². The van der Waals surface area contributed by atoms with Gasteiger partial charge in [0.25, 0.3) is 0 Å². The van der Waals surface area contributed by atoms with Gasteiger partial charge in [-0.15, -0.1) is 0 Å². The summed E-state index contributed by atoms with van der Waals surface area (Å²) in [7, 11) is 6.12. The number of fused-ring (bicyclic) bond motifs is 2. The fraction of sp³-hybridized carbons (Fsp3) is 0.526. The van der Waals surface area contributed by atoms with Gasteiger partial charge in [0.05, 0.1) is 30.8 Å². The topological polar surface area (TPSA) is 92.1 Å². The standard InChI is InChI=1S/C38H48N8O2/c1-27-9-5-10-28-11-6-13-33(35(27)28)46-25-32-31(23-38(46)16-17-38)36(41-37(40-32)48-26-30-12-7-20-43(30)4)44-21-22-45(29(24-44)15-18-39)34(47)14-8-19-42(2)3/h5-6,8-11,13-14,29-30H,7,12,15-17,19-26H2,1-4H3/b14-8+/t29-,30-/m0/s1. The van der Waals surface area contributed by atoms with Gasteiger partial charge >= 0.3 is 6.01 Å². The van der Waals surface area contributed by atoms with Crippen LogP contribution in [0.5, 0.6) is 6.01 Å². The molecule has 3 fully saturated rings. The third kappa shape index (κ3) is 6.34. The lowest BCUT2D eigenvalue weighted by Crippen LogP contribution is -2.55. The predicted molar refractivity (Wildman–Crippen MR) is 189 cm³/mol. The van der Waals surface area contributed by atoms with Crippen molar-refractivity contribution in [1.82, 2.24) is 24.7 Å². The number of nitrogens with zero attached hydrogens (tertiary/aromatic N) is 8. The van der Waals surface area contributed by atoms with Crippen molar-refractivity contribution < 1.29 is 9.53 Å². The number of hydrogen-bond donors (Lipinski definition) is 0. The highest BCUT2D eigenvalue weighted by Gasteiger charge is 2.52. The largest absolute Gasteiger partial charge is 0.462 e. The van der Waals surface area contributed by atoms with Gasteiger partial charge in [0.1, 0.15) is 12.4 Å². The Labute approximate surface area is 284 Å². The van der Waals surface area contributed by atoms with E-state index in [1.165, 1.54) is 34.0 Å². The van der Waals surface area contributed by atoms with Gasteiger partial charge in [-0.25, -0.2) is 0 Å². The van der Waals surface area contributed by atoms with E-state index in [1.54, 1.807) is 6.08 Å². The highest BCUT2D eigenvalue weighted by atomic mass is 16.5. The Morgan fingerprint density at radius 2 is 1.94 bits per heavy atom. The second-order valence-electron chi connectivity index (χ2n) is 14.4. The van der Waals surface area contributed by atoms with E-state index in [2.05, 4.69) is 71.1 Å². The summed E-state index contributed by atoms with van der Waals surface area (Å²) in [6, 6.07) is 16.1. The van der Waals surface area contributed by atoms with Crippen LogP contribution in [0.1, 0.15) is 48.9 Å². The van der Waals surface area contributed by atoms with Gasteiger partial charge < -0.3 is 29.2 Å². The normalized spacial score (nSPS) is 22.1. The zero-order valence-corrected chi connectivity index (χ0v) is 28.9. The number of hydrogen-bond acceptors (Lipinski definition) is 9. The van der Waals surface area contributed by atoms with Gasteiger partial charge in [-0.3, -0.25) is 4.79 Å². The Morgan fingerprint density at radius 3 is 2.67 bits per heavy atom. The van der Waals surface area contributed by atoms with Crippen LogP contribution < -0.4 is 14.5 Å². The zero-order chi connectivity index (χ0) is 33.4. The highest BCUT2D eigenvalue weighted by Crippen LogP contribution is 2.53. The number of piperazine rings is 1. The summed E-state index contributed by atoms with van der Waals surface area (Å²) in [4.78, 5) is 34.6. The van der Waals surface area contributed by atoms with Gasteiger partial charge in [0.15, 0.2) is 0 Å². The van der Waals surface area contributed by atoms with Crippen LogP contribution in [-0.4, -0.2) is 109 Å². The number of anilines is 2. The number of carbonyl (C=O) groups excluding carboxylic acids is 1. The third-order valence-corrected chi connectivity index (χ3v) is 10.8. The Kier molecular flexibility index (Phi) is 9.01. The molecule has 0 radical (unpaired) electrons. The maximum Gasteiger partial charge on any atom is 0.318 e. The van der Waals surface area contributed by atoms with E-state index in [4.69, 9.17) is 14.7 Å². The number of benzene rings is 2. The Balaban J connectivity index is 1.23. The lowest BCUT2D eigenvalue weighted by molar-refractivity contribution is -0.128. The molecule has 10 heteroatoms. The molecule has 1 saturated carbocycles. The van der Waals surface area contributed by atoms with E-state index >= 15 is 0 Å². The van der Waals surface area contributed by atoms with Crippen molar-refractivity contribution in [3.05, 3.63) is 65.4 Å². The molecule has 4 aliphatic rings. The molecule has 0 bridgehead atoms. The van der Waals surface area contributed by atoms with Crippen molar-refractivity contribution in [3.8, 4) is 12.1 Å². The van der Waals surface area contributed by atoms with Crippen LogP contribution in [0.4, 0.5) is 11.5 Å². The number of likely N-dealkylation sites (N-methyl/N-ethyl adjacent to an activating group) is 2. The quantitative estimate of drug-likeness (QED) is 0.310. The monoisotopic (exact) mass is 648 g/mol. The minimum Gasteiger partial charge on any atom is -0.462 e. The maximum atomic E-state index is 13.3. The minimum atomic E-state index is -0.226. The zero-order valence-electron chi connectivity index (χ0n) is 28.9. The molecule has 48 heavy (non-hydrogen) atoms. The summed E-state index contributed by atoms with van der Waals surface area (Å²) in [5, 5.41) is 12.3. The van der Waals surface area contributed by atoms with E-state index in [1.807, 2.05) is 30.0 Å². The van der Waals surface area contributed by atoms with E-state index < -0.39 is 0 Å². The van der Waals surface area contributed by atoms with Crippen LogP contribution in [-0.2, 0) is 17.8 Å². The summed E-state index contributed by atoms with van der Waals surface area (Å²) in [5.74, 6) is 0.872. The van der Waals surface area contributed by atoms with E-state index in [-0.39, 0.29) is 23.9 Å². The molecule has 3 aliphatic heterocycles. The molecule has 1 aliphatic carbocycles. The summed E-state index contributed by atoms with van der Waals surface area (Å²) in [6.07, 6.45) is 9.21. The molecule has 10 nitrogen and oxygen atoms in total. The number of likely N-dealkylation sites (tertiary alicyclic amines) is 1. The van der Waals surface area contributed by atoms with Crippen LogP contribution >= 0.6 is 0 Å². The minimum absolute atomic E-state index is 0.0255. The molecule has 0 unspecified atom stereocenters. The van der Waals surface area contributed by atoms with Crippen molar-refractivity contribution in [2.45, 2.75) is 69.6 Å².